The summed E-state index contributed by atoms with van der Waals surface area (Å²) in [6, 6.07) is 14.8. The van der Waals surface area contributed by atoms with E-state index in [2.05, 4.69) is 0 Å². The quantitative estimate of drug-likeness (QED) is 0.808. The molecule has 0 saturated heterocycles. The van der Waals surface area contributed by atoms with Crippen LogP contribution >= 0.6 is 23.4 Å². The molecule has 1 aliphatic heterocycles. The van der Waals surface area contributed by atoms with Crippen molar-refractivity contribution in [2.24, 2.45) is 5.73 Å². The number of allylic oxidation sites excluding steroid dienone is 1. The molecule has 2 aromatic carbocycles. The average molecular weight is 288 g/mol. The molecule has 0 saturated carbocycles. The molecule has 0 unspecified atom stereocenters. The standard InChI is InChI=1S/C15H10ClNOS/c16-10-6-7-11-12(8-10)19-15(14(11)18)13(17)9-4-2-1-3-5-9/h1-8H,17H2. The molecule has 2 aromatic rings. The molecule has 3 rings (SSSR count). The van der Waals surface area contributed by atoms with Gasteiger partial charge < -0.3 is 5.73 Å². The van der Waals surface area contributed by atoms with Gasteiger partial charge in [0, 0.05) is 15.5 Å². The molecular formula is C15H10ClNOS. The van der Waals surface area contributed by atoms with Crippen LogP contribution in [0, 0.1) is 0 Å². The minimum Gasteiger partial charge on any atom is -0.397 e. The van der Waals surface area contributed by atoms with Gasteiger partial charge in [0.1, 0.15) is 0 Å². The second kappa shape index (κ2) is 4.76. The SMILES string of the molecule is NC(=C1Sc2cc(Cl)ccc2C1=O)c1ccccc1. The van der Waals surface area contributed by atoms with Crippen LogP contribution in [0.4, 0.5) is 0 Å². The van der Waals surface area contributed by atoms with Crippen molar-refractivity contribution < 1.29 is 4.79 Å². The number of hydrogen-bond acceptors (Lipinski definition) is 3. The van der Waals surface area contributed by atoms with Gasteiger partial charge in [-0.3, -0.25) is 4.79 Å². The molecule has 0 atom stereocenters. The Labute approximate surface area is 120 Å². The van der Waals surface area contributed by atoms with Gasteiger partial charge in [0.15, 0.2) is 0 Å². The Morgan fingerprint density at radius 3 is 2.58 bits per heavy atom. The van der Waals surface area contributed by atoms with Crippen molar-refractivity contribution in [1.29, 1.82) is 0 Å². The van der Waals surface area contributed by atoms with E-state index in [1.807, 2.05) is 30.3 Å². The normalized spacial score (nSPS) is 16.4. The highest BCUT2D eigenvalue weighted by molar-refractivity contribution is 8.05. The van der Waals surface area contributed by atoms with Crippen molar-refractivity contribution in [3.05, 3.63) is 69.6 Å². The van der Waals surface area contributed by atoms with Crippen LogP contribution < -0.4 is 5.73 Å². The summed E-state index contributed by atoms with van der Waals surface area (Å²) in [6.07, 6.45) is 0. The lowest BCUT2D eigenvalue weighted by Crippen LogP contribution is -2.04. The fourth-order valence-electron chi connectivity index (χ4n) is 1.97. The van der Waals surface area contributed by atoms with Crippen LogP contribution in [0.5, 0.6) is 0 Å². The summed E-state index contributed by atoms with van der Waals surface area (Å²) < 4.78 is 0. The van der Waals surface area contributed by atoms with Gasteiger partial charge in [-0.15, -0.1) is 0 Å². The van der Waals surface area contributed by atoms with Crippen molar-refractivity contribution in [2.75, 3.05) is 0 Å². The Morgan fingerprint density at radius 2 is 1.84 bits per heavy atom. The molecule has 1 aliphatic rings. The van der Waals surface area contributed by atoms with Gasteiger partial charge in [0.05, 0.1) is 10.6 Å². The van der Waals surface area contributed by atoms with Crippen LogP contribution in [0.25, 0.3) is 5.70 Å². The average Bonchev–Trinajstić information content (AvgIpc) is 2.75. The van der Waals surface area contributed by atoms with Crippen molar-refractivity contribution in [1.82, 2.24) is 0 Å². The lowest BCUT2D eigenvalue weighted by molar-refractivity contribution is 0.104. The van der Waals surface area contributed by atoms with Crippen LogP contribution in [-0.2, 0) is 0 Å². The molecule has 0 radical (unpaired) electrons. The Balaban J connectivity index is 2.08. The Bertz CT molecular complexity index is 695. The Kier molecular flexibility index (Phi) is 3.09. The summed E-state index contributed by atoms with van der Waals surface area (Å²) in [5.74, 6) is -0.0296. The molecule has 94 valence electrons. The maximum Gasteiger partial charge on any atom is 0.202 e. The highest BCUT2D eigenvalue weighted by atomic mass is 35.5. The van der Waals surface area contributed by atoms with E-state index in [1.54, 1.807) is 18.2 Å². The van der Waals surface area contributed by atoms with E-state index in [-0.39, 0.29) is 5.78 Å². The topological polar surface area (TPSA) is 43.1 Å². The van der Waals surface area contributed by atoms with E-state index in [1.165, 1.54) is 11.8 Å². The van der Waals surface area contributed by atoms with Crippen LogP contribution in [-0.4, -0.2) is 5.78 Å². The number of Topliss-reactive ketones (excluding diaryl/α,β-unsaturated/α-hetero) is 1. The van der Waals surface area contributed by atoms with E-state index < -0.39 is 0 Å². The number of nitrogens with two attached hydrogens (primary N) is 1. The molecule has 2 nitrogen and oxygen atoms in total. The second-order valence-electron chi connectivity index (χ2n) is 4.18. The van der Waals surface area contributed by atoms with Crippen LogP contribution in [0.2, 0.25) is 5.02 Å². The molecule has 0 spiro atoms. The first-order valence-electron chi connectivity index (χ1n) is 5.74. The van der Waals surface area contributed by atoms with E-state index in [0.29, 0.717) is 21.2 Å². The summed E-state index contributed by atoms with van der Waals surface area (Å²) in [5.41, 5.74) is 8.16. The second-order valence-corrected chi connectivity index (χ2v) is 5.67. The summed E-state index contributed by atoms with van der Waals surface area (Å²) in [7, 11) is 0. The molecular weight excluding hydrogens is 278 g/mol. The molecule has 19 heavy (non-hydrogen) atoms. The summed E-state index contributed by atoms with van der Waals surface area (Å²) in [5, 5.41) is 0.624. The Hall–Kier alpha value is -1.71. The third-order valence-corrected chi connectivity index (χ3v) is 4.34. The summed E-state index contributed by atoms with van der Waals surface area (Å²) in [6.45, 7) is 0. The molecule has 1 heterocycles. The van der Waals surface area contributed by atoms with Crippen LogP contribution in [0.1, 0.15) is 15.9 Å². The third-order valence-electron chi connectivity index (χ3n) is 2.94. The number of halogens is 1. The van der Waals surface area contributed by atoms with Gasteiger partial charge >= 0.3 is 0 Å². The van der Waals surface area contributed by atoms with Gasteiger partial charge in [0.25, 0.3) is 0 Å². The summed E-state index contributed by atoms with van der Waals surface area (Å²) >= 11 is 7.33. The predicted molar refractivity (Wildman–Crippen MR) is 79.2 cm³/mol. The minimum absolute atomic E-state index is 0.0296. The lowest BCUT2D eigenvalue weighted by Gasteiger charge is -2.04. The first-order chi connectivity index (χ1) is 9.16. The van der Waals surface area contributed by atoms with Gasteiger partial charge in [-0.25, -0.2) is 0 Å². The van der Waals surface area contributed by atoms with E-state index in [4.69, 9.17) is 17.3 Å². The lowest BCUT2D eigenvalue weighted by atomic mass is 10.1. The van der Waals surface area contributed by atoms with Gasteiger partial charge in [-0.1, -0.05) is 53.7 Å². The highest BCUT2D eigenvalue weighted by Crippen LogP contribution is 2.43. The number of rotatable bonds is 1. The van der Waals surface area contributed by atoms with Gasteiger partial charge in [0.2, 0.25) is 5.78 Å². The zero-order chi connectivity index (χ0) is 13.4. The third kappa shape index (κ3) is 2.15. The van der Waals surface area contributed by atoms with Crippen LogP contribution in [0.15, 0.2) is 58.3 Å². The largest absolute Gasteiger partial charge is 0.397 e. The molecule has 0 bridgehead atoms. The zero-order valence-corrected chi connectivity index (χ0v) is 11.5. The molecule has 0 aliphatic carbocycles. The van der Waals surface area contributed by atoms with Gasteiger partial charge in [-0.05, 0) is 23.8 Å². The number of fused-ring (bicyclic) bond motifs is 1. The number of ketones is 1. The molecule has 0 aromatic heterocycles. The van der Waals surface area contributed by atoms with E-state index in [0.717, 1.165) is 10.5 Å². The molecule has 0 amide bonds. The fraction of sp³-hybridized carbons (Fsp3) is 0. The zero-order valence-electron chi connectivity index (χ0n) is 9.89. The van der Waals surface area contributed by atoms with Crippen molar-refractivity contribution in [2.45, 2.75) is 4.90 Å². The van der Waals surface area contributed by atoms with E-state index >= 15 is 0 Å². The van der Waals surface area contributed by atoms with Crippen molar-refractivity contribution >= 4 is 34.8 Å². The molecule has 4 heteroatoms. The molecule has 2 N–H and O–H groups in total. The fourth-order valence-corrected chi connectivity index (χ4v) is 3.32. The maximum absolute atomic E-state index is 12.3. The highest BCUT2D eigenvalue weighted by Gasteiger charge is 2.28. The van der Waals surface area contributed by atoms with Crippen molar-refractivity contribution in [3.63, 3.8) is 0 Å². The first-order valence-corrected chi connectivity index (χ1v) is 6.93. The maximum atomic E-state index is 12.3. The first kappa shape index (κ1) is 12.3. The summed E-state index contributed by atoms with van der Waals surface area (Å²) in [4.78, 5) is 13.8. The monoisotopic (exact) mass is 287 g/mol. The van der Waals surface area contributed by atoms with Crippen molar-refractivity contribution in [3.8, 4) is 0 Å². The number of thioether (sulfide) groups is 1. The number of hydrogen-bond donors (Lipinski definition) is 1. The van der Waals surface area contributed by atoms with Gasteiger partial charge in [-0.2, -0.15) is 0 Å². The number of carbonyl (C=O) groups is 1. The number of benzene rings is 2. The predicted octanol–water partition coefficient (Wildman–Crippen LogP) is 3.96. The number of carbonyl (C=O) groups excluding carboxylic acids is 1. The minimum atomic E-state index is -0.0296. The van der Waals surface area contributed by atoms with E-state index in [9.17, 15) is 4.79 Å². The molecule has 0 fully saturated rings. The van der Waals surface area contributed by atoms with Crippen LogP contribution in [0.3, 0.4) is 0 Å². The smallest absolute Gasteiger partial charge is 0.202 e. The Morgan fingerprint density at radius 1 is 1.11 bits per heavy atom.